The molecule has 1 saturated carbocycles. The molecule has 0 unspecified atom stereocenters. The molecule has 0 bridgehead atoms. The number of carbonyl (C=O) groups is 2. The molecule has 2 fully saturated rings. The summed E-state index contributed by atoms with van der Waals surface area (Å²) in [6.45, 7) is 7.16. The summed E-state index contributed by atoms with van der Waals surface area (Å²) in [4.78, 5) is 29.8. The second-order valence-electron chi connectivity index (χ2n) is 6.20. The number of thioether (sulfide) groups is 1. The number of carbonyl (C=O) groups excluding carboxylic acids is 2. The minimum absolute atomic E-state index is 0.142. The summed E-state index contributed by atoms with van der Waals surface area (Å²) in [5, 5.41) is 3.24. The molecule has 7 heteroatoms. The molecule has 0 spiro atoms. The molecule has 1 aromatic rings. The van der Waals surface area contributed by atoms with E-state index in [1.54, 1.807) is 0 Å². The Labute approximate surface area is 134 Å². The lowest BCUT2D eigenvalue weighted by Gasteiger charge is -2.18. The number of rotatable bonds is 5. The van der Waals surface area contributed by atoms with Crippen molar-refractivity contribution in [2.24, 2.45) is 0 Å². The zero-order chi connectivity index (χ0) is 15.9. The summed E-state index contributed by atoms with van der Waals surface area (Å²) in [6, 6.07) is 0.241. The normalized spacial score (nSPS) is 19.6. The molecule has 1 saturated heterocycles. The average molecular weight is 322 g/mol. The Hall–Kier alpha value is -1.50. The van der Waals surface area contributed by atoms with Gasteiger partial charge in [-0.05, 0) is 25.7 Å². The molecule has 120 valence electrons. The molecular formula is C15H22N4O2S. The number of imide groups is 1. The van der Waals surface area contributed by atoms with Crippen molar-refractivity contribution in [3.63, 3.8) is 0 Å². The van der Waals surface area contributed by atoms with E-state index in [9.17, 15) is 9.59 Å². The SMILES string of the molecule is CC(C)c1cnc(S[C@H](C)C(=O)N2CCNC2=O)n1C1CC1. The Balaban J connectivity index is 1.75. The quantitative estimate of drug-likeness (QED) is 0.845. The molecule has 0 aromatic carbocycles. The van der Waals surface area contributed by atoms with Gasteiger partial charge in [-0.25, -0.2) is 9.78 Å². The molecule has 3 amide bonds. The van der Waals surface area contributed by atoms with E-state index in [1.807, 2.05) is 13.1 Å². The Morgan fingerprint density at radius 1 is 1.41 bits per heavy atom. The lowest BCUT2D eigenvalue weighted by molar-refractivity contribution is -0.126. The Kier molecular flexibility index (Phi) is 4.16. The molecule has 6 nitrogen and oxygen atoms in total. The monoisotopic (exact) mass is 322 g/mol. The smallest absolute Gasteiger partial charge is 0.324 e. The van der Waals surface area contributed by atoms with Crippen molar-refractivity contribution in [2.45, 2.75) is 56.0 Å². The fourth-order valence-corrected chi connectivity index (χ4v) is 3.71. The van der Waals surface area contributed by atoms with Crippen LogP contribution in [0.5, 0.6) is 0 Å². The van der Waals surface area contributed by atoms with Gasteiger partial charge in [0.05, 0.1) is 5.25 Å². The first kappa shape index (κ1) is 15.4. The summed E-state index contributed by atoms with van der Waals surface area (Å²) in [5.41, 5.74) is 1.23. The van der Waals surface area contributed by atoms with Crippen LogP contribution in [0.25, 0.3) is 0 Å². The first-order chi connectivity index (χ1) is 10.5. The van der Waals surface area contributed by atoms with Crippen LogP contribution in [0.4, 0.5) is 4.79 Å². The highest BCUT2D eigenvalue weighted by Crippen LogP contribution is 2.41. The Bertz CT molecular complexity index is 594. The fourth-order valence-electron chi connectivity index (χ4n) is 2.68. The lowest BCUT2D eigenvalue weighted by Crippen LogP contribution is -2.39. The van der Waals surface area contributed by atoms with Gasteiger partial charge in [0, 0.05) is 31.0 Å². The van der Waals surface area contributed by atoms with E-state index in [0.717, 1.165) is 5.16 Å². The molecule has 1 aromatic heterocycles. The summed E-state index contributed by atoms with van der Waals surface area (Å²) in [7, 11) is 0. The van der Waals surface area contributed by atoms with Gasteiger partial charge >= 0.3 is 6.03 Å². The Morgan fingerprint density at radius 3 is 2.68 bits per heavy atom. The number of imidazole rings is 1. The van der Waals surface area contributed by atoms with Crippen LogP contribution in [0.15, 0.2) is 11.4 Å². The van der Waals surface area contributed by atoms with E-state index in [4.69, 9.17) is 0 Å². The van der Waals surface area contributed by atoms with E-state index < -0.39 is 0 Å². The number of hydrogen-bond acceptors (Lipinski definition) is 4. The summed E-state index contributed by atoms with van der Waals surface area (Å²) in [6.07, 6.45) is 4.28. The van der Waals surface area contributed by atoms with Crippen LogP contribution in [0.1, 0.15) is 51.3 Å². The third-order valence-electron chi connectivity index (χ3n) is 4.05. The highest BCUT2D eigenvalue weighted by Gasteiger charge is 2.33. The van der Waals surface area contributed by atoms with E-state index >= 15 is 0 Å². The number of amides is 3. The minimum Gasteiger partial charge on any atom is -0.336 e. The van der Waals surface area contributed by atoms with Gasteiger partial charge in [-0.3, -0.25) is 9.69 Å². The van der Waals surface area contributed by atoms with E-state index in [1.165, 1.54) is 35.2 Å². The highest BCUT2D eigenvalue weighted by molar-refractivity contribution is 8.00. The van der Waals surface area contributed by atoms with E-state index in [0.29, 0.717) is 25.0 Å². The average Bonchev–Trinajstić information content (AvgIpc) is 3.08. The van der Waals surface area contributed by atoms with E-state index in [2.05, 4.69) is 28.7 Å². The second-order valence-corrected chi connectivity index (χ2v) is 7.51. The van der Waals surface area contributed by atoms with Crippen molar-refractivity contribution in [3.8, 4) is 0 Å². The summed E-state index contributed by atoms with van der Waals surface area (Å²) in [5.74, 6) is 0.272. The van der Waals surface area contributed by atoms with Crippen LogP contribution < -0.4 is 5.32 Å². The minimum atomic E-state index is -0.316. The Morgan fingerprint density at radius 2 is 2.14 bits per heavy atom. The zero-order valence-corrected chi connectivity index (χ0v) is 14.0. The first-order valence-electron chi connectivity index (χ1n) is 7.82. The number of hydrogen-bond donors (Lipinski definition) is 1. The molecule has 2 heterocycles. The van der Waals surface area contributed by atoms with Crippen molar-refractivity contribution in [1.82, 2.24) is 19.8 Å². The zero-order valence-electron chi connectivity index (χ0n) is 13.2. The van der Waals surface area contributed by atoms with Crippen molar-refractivity contribution >= 4 is 23.7 Å². The van der Waals surface area contributed by atoms with Crippen molar-refractivity contribution in [1.29, 1.82) is 0 Å². The van der Waals surface area contributed by atoms with Gasteiger partial charge in [0.15, 0.2) is 5.16 Å². The molecule has 1 aliphatic carbocycles. The lowest BCUT2D eigenvalue weighted by atomic mass is 10.1. The topological polar surface area (TPSA) is 67.2 Å². The largest absolute Gasteiger partial charge is 0.336 e. The van der Waals surface area contributed by atoms with Crippen LogP contribution in [-0.2, 0) is 4.79 Å². The number of aromatic nitrogens is 2. The molecule has 3 rings (SSSR count). The summed E-state index contributed by atoms with van der Waals surface area (Å²) < 4.78 is 2.28. The van der Waals surface area contributed by atoms with Gasteiger partial charge in [0.1, 0.15) is 0 Å². The summed E-state index contributed by atoms with van der Waals surface area (Å²) >= 11 is 1.45. The maximum Gasteiger partial charge on any atom is 0.324 e. The standard InChI is InChI=1S/C15H22N4O2S/c1-9(2)12-8-17-15(19(12)11-4-5-11)22-10(3)13(20)18-7-6-16-14(18)21/h8-11H,4-7H2,1-3H3,(H,16,21)/t10-/m1/s1. The molecule has 1 aliphatic heterocycles. The molecular weight excluding hydrogens is 300 g/mol. The molecule has 1 atom stereocenters. The van der Waals surface area contributed by atoms with Gasteiger partial charge in [-0.2, -0.15) is 0 Å². The van der Waals surface area contributed by atoms with Gasteiger partial charge < -0.3 is 9.88 Å². The maximum absolute atomic E-state index is 12.4. The molecule has 2 aliphatic rings. The first-order valence-corrected chi connectivity index (χ1v) is 8.70. The van der Waals surface area contributed by atoms with Crippen LogP contribution in [0.2, 0.25) is 0 Å². The third-order valence-corrected chi connectivity index (χ3v) is 5.12. The van der Waals surface area contributed by atoms with Gasteiger partial charge in [-0.1, -0.05) is 25.6 Å². The van der Waals surface area contributed by atoms with E-state index in [-0.39, 0.29) is 17.2 Å². The number of urea groups is 1. The van der Waals surface area contributed by atoms with Gasteiger partial charge in [0.2, 0.25) is 5.91 Å². The van der Waals surface area contributed by atoms with Gasteiger partial charge in [0.25, 0.3) is 0 Å². The predicted octanol–water partition coefficient (Wildman–Crippen LogP) is 2.37. The number of nitrogens with one attached hydrogen (secondary N) is 1. The van der Waals surface area contributed by atoms with Gasteiger partial charge in [-0.15, -0.1) is 0 Å². The molecule has 0 radical (unpaired) electrons. The number of nitrogens with zero attached hydrogens (tertiary/aromatic N) is 3. The highest BCUT2D eigenvalue weighted by atomic mass is 32.2. The molecule has 22 heavy (non-hydrogen) atoms. The van der Waals surface area contributed by atoms with Crippen molar-refractivity contribution in [2.75, 3.05) is 13.1 Å². The van der Waals surface area contributed by atoms with Crippen LogP contribution >= 0.6 is 11.8 Å². The van der Waals surface area contributed by atoms with Crippen molar-refractivity contribution in [3.05, 3.63) is 11.9 Å². The third kappa shape index (κ3) is 2.86. The second kappa shape index (κ2) is 5.95. The van der Waals surface area contributed by atoms with Crippen LogP contribution in [0, 0.1) is 0 Å². The van der Waals surface area contributed by atoms with Crippen LogP contribution in [-0.4, -0.2) is 44.7 Å². The van der Waals surface area contributed by atoms with Crippen molar-refractivity contribution < 1.29 is 9.59 Å². The predicted molar refractivity (Wildman–Crippen MR) is 85.0 cm³/mol. The van der Waals surface area contributed by atoms with Crippen LogP contribution in [0.3, 0.4) is 0 Å². The fraction of sp³-hybridized carbons (Fsp3) is 0.667. The molecule has 1 N–H and O–H groups in total. The maximum atomic E-state index is 12.4.